The molecule has 0 aliphatic heterocycles. The summed E-state index contributed by atoms with van der Waals surface area (Å²) in [5, 5.41) is 2.84. The molecule has 0 aromatic heterocycles. The Labute approximate surface area is 120 Å². The molecule has 1 saturated carbocycles. The molecule has 0 bridgehead atoms. The zero-order valence-corrected chi connectivity index (χ0v) is 11.7. The van der Waals surface area contributed by atoms with Gasteiger partial charge in [-0.3, -0.25) is 4.79 Å². The number of halogens is 1. The van der Waals surface area contributed by atoms with Gasteiger partial charge in [-0.05, 0) is 43.9 Å². The fourth-order valence-electron chi connectivity index (χ4n) is 1.67. The molecule has 19 heavy (non-hydrogen) atoms. The molecule has 0 radical (unpaired) electrons. The summed E-state index contributed by atoms with van der Waals surface area (Å²) < 4.78 is 5.70. The van der Waals surface area contributed by atoms with E-state index in [0.717, 1.165) is 6.42 Å². The number of hydrogen-bond donors (Lipinski definition) is 2. The van der Waals surface area contributed by atoms with Crippen molar-refractivity contribution in [2.45, 2.75) is 19.3 Å². The molecule has 1 fully saturated rings. The minimum absolute atomic E-state index is 0. The van der Waals surface area contributed by atoms with Gasteiger partial charge in [-0.1, -0.05) is 12.1 Å². The van der Waals surface area contributed by atoms with Gasteiger partial charge in [0.25, 0.3) is 5.91 Å². The van der Waals surface area contributed by atoms with Gasteiger partial charge in [0, 0.05) is 6.54 Å². The second-order valence-electron chi connectivity index (χ2n) is 4.65. The summed E-state index contributed by atoms with van der Waals surface area (Å²) in [6.45, 7) is 1.90. The van der Waals surface area contributed by atoms with E-state index >= 15 is 0 Å². The summed E-state index contributed by atoms with van der Waals surface area (Å²) >= 11 is 0. The fourth-order valence-corrected chi connectivity index (χ4v) is 1.67. The van der Waals surface area contributed by atoms with Crippen LogP contribution < -0.4 is 15.8 Å². The van der Waals surface area contributed by atoms with E-state index in [0.29, 0.717) is 36.9 Å². The molecule has 1 aromatic carbocycles. The molecule has 0 atom stereocenters. The molecule has 5 heteroatoms. The van der Waals surface area contributed by atoms with Crippen LogP contribution >= 0.6 is 12.4 Å². The molecule has 1 amide bonds. The molecule has 0 spiro atoms. The van der Waals surface area contributed by atoms with Crippen LogP contribution in [0.15, 0.2) is 24.3 Å². The predicted octanol–water partition coefficient (Wildman–Crippen LogP) is 1.98. The van der Waals surface area contributed by atoms with Crippen LogP contribution in [0.5, 0.6) is 5.75 Å². The largest absolute Gasteiger partial charge is 0.492 e. The highest BCUT2D eigenvalue weighted by molar-refractivity contribution is 5.96. The SMILES string of the molecule is Cl.NCCCNC(=O)c1ccccc1OCC1CC1. The lowest BCUT2D eigenvalue weighted by molar-refractivity contribution is 0.0949. The molecular formula is C14H21ClN2O2. The maximum Gasteiger partial charge on any atom is 0.255 e. The zero-order valence-electron chi connectivity index (χ0n) is 10.9. The number of carbonyl (C=O) groups is 1. The number of hydrogen-bond acceptors (Lipinski definition) is 3. The third kappa shape index (κ3) is 5.09. The van der Waals surface area contributed by atoms with Crippen LogP contribution in [0.1, 0.15) is 29.6 Å². The van der Waals surface area contributed by atoms with Crippen molar-refractivity contribution in [1.29, 1.82) is 0 Å². The van der Waals surface area contributed by atoms with Crippen LogP contribution in [0.3, 0.4) is 0 Å². The molecule has 1 aliphatic rings. The minimum atomic E-state index is -0.0881. The van der Waals surface area contributed by atoms with Crippen LogP contribution in [0, 0.1) is 5.92 Å². The van der Waals surface area contributed by atoms with Crippen LogP contribution in [-0.4, -0.2) is 25.6 Å². The van der Waals surface area contributed by atoms with E-state index in [1.54, 1.807) is 6.07 Å². The molecule has 2 rings (SSSR count). The van der Waals surface area contributed by atoms with Crippen LogP contribution in [-0.2, 0) is 0 Å². The van der Waals surface area contributed by atoms with Gasteiger partial charge in [0.15, 0.2) is 0 Å². The highest BCUT2D eigenvalue weighted by Gasteiger charge is 2.22. The summed E-state index contributed by atoms with van der Waals surface area (Å²) in [5.41, 5.74) is 6.00. The Morgan fingerprint density at radius 3 is 2.79 bits per heavy atom. The number of rotatable bonds is 7. The number of carbonyl (C=O) groups excluding carboxylic acids is 1. The summed E-state index contributed by atoms with van der Waals surface area (Å²) in [6.07, 6.45) is 3.27. The molecule has 106 valence electrons. The average Bonchev–Trinajstić information content (AvgIpc) is 3.21. The van der Waals surface area contributed by atoms with E-state index in [1.165, 1.54) is 12.8 Å². The Balaban J connectivity index is 0.00000180. The minimum Gasteiger partial charge on any atom is -0.492 e. The molecule has 3 N–H and O–H groups in total. The maximum absolute atomic E-state index is 12.0. The van der Waals surface area contributed by atoms with Crippen LogP contribution in [0.4, 0.5) is 0 Å². The van der Waals surface area contributed by atoms with Crippen molar-refractivity contribution >= 4 is 18.3 Å². The highest BCUT2D eigenvalue weighted by atomic mass is 35.5. The van der Waals surface area contributed by atoms with Crippen LogP contribution in [0.2, 0.25) is 0 Å². The smallest absolute Gasteiger partial charge is 0.255 e. The van der Waals surface area contributed by atoms with Gasteiger partial charge in [0.05, 0.1) is 12.2 Å². The average molecular weight is 285 g/mol. The first-order valence-electron chi connectivity index (χ1n) is 6.51. The third-order valence-corrected chi connectivity index (χ3v) is 2.97. The van der Waals surface area contributed by atoms with Crippen molar-refractivity contribution < 1.29 is 9.53 Å². The van der Waals surface area contributed by atoms with Gasteiger partial charge in [0.2, 0.25) is 0 Å². The van der Waals surface area contributed by atoms with E-state index in [9.17, 15) is 4.79 Å². The normalized spacial score (nSPS) is 13.5. The zero-order chi connectivity index (χ0) is 12.8. The molecule has 1 aromatic rings. The summed E-state index contributed by atoms with van der Waals surface area (Å²) in [5.74, 6) is 1.27. The topological polar surface area (TPSA) is 64.3 Å². The van der Waals surface area contributed by atoms with Crippen molar-refractivity contribution in [2.24, 2.45) is 11.7 Å². The summed E-state index contributed by atoms with van der Waals surface area (Å²) in [7, 11) is 0. The van der Waals surface area contributed by atoms with E-state index < -0.39 is 0 Å². The third-order valence-electron chi connectivity index (χ3n) is 2.97. The van der Waals surface area contributed by atoms with E-state index in [2.05, 4.69) is 5.32 Å². The van der Waals surface area contributed by atoms with Gasteiger partial charge in [-0.25, -0.2) is 0 Å². The lowest BCUT2D eigenvalue weighted by Crippen LogP contribution is -2.26. The Morgan fingerprint density at radius 2 is 2.11 bits per heavy atom. The second kappa shape index (κ2) is 8.02. The Hall–Kier alpha value is -1.26. The van der Waals surface area contributed by atoms with Crippen molar-refractivity contribution in [2.75, 3.05) is 19.7 Å². The predicted molar refractivity (Wildman–Crippen MR) is 77.9 cm³/mol. The number of para-hydroxylation sites is 1. The van der Waals surface area contributed by atoms with Crippen molar-refractivity contribution in [3.63, 3.8) is 0 Å². The van der Waals surface area contributed by atoms with E-state index in [1.807, 2.05) is 18.2 Å². The molecule has 1 aliphatic carbocycles. The molecule has 0 heterocycles. The van der Waals surface area contributed by atoms with Crippen molar-refractivity contribution in [1.82, 2.24) is 5.32 Å². The molecule has 0 saturated heterocycles. The van der Waals surface area contributed by atoms with Gasteiger partial charge in [-0.2, -0.15) is 0 Å². The van der Waals surface area contributed by atoms with Gasteiger partial charge in [-0.15, -0.1) is 12.4 Å². The fraction of sp³-hybridized carbons (Fsp3) is 0.500. The molecular weight excluding hydrogens is 264 g/mol. The highest BCUT2D eigenvalue weighted by Crippen LogP contribution is 2.30. The Bertz CT molecular complexity index is 408. The lowest BCUT2D eigenvalue weighted by atomic mass is 10.2. The first kappa shape index (κ1) is 15.8. The monoisotopic (exact) mass is 284 g/mol. The first-order valence-corrected chi connectivity index (χ1v) is 6.51. The van der Waals surface area contributed by atoms with E-state index in [-0.39, 0.29) is 18.3 Å². The summed E-state index contributed by atoms with van der Waals surface area (Å²) in [6, 6.07) is 7.38. The lowest BCUT2D eigenvalue weighted by Gasteiger charge is -2.11. The second-order valence-corrected chi connectivity index (χ2v) is 4.65. The van der Waals surface area contributed by atoms with Crippen molar-refractivity contribution in [3.05, 3.63) is 29.8 Å². The van der Waals surface area contributed by atoms with E-state index in [4.69, 9.17) is 10.5 Å². The number of nitrogens with one attached hydrogen (secondary N) is 1. The van der Waals surface area contributed by atoms with Gasteiger partial charge < -0.3 is 15.8 Å². The van der Waals surface area contributed by atoms with Crippen LogP contribution in [0.25, 0.3) is 0 Å². The molecule has 0 unspecified atom stereocenters. The quantitative estimate of drug-likeness (QED) is 0.753. The maximum atomic E-state index is 12.0. The van der Waals surface area contributed by atoms with Crippen molar-refractivity contribution in [3.8, 4) is 5.75 Å². The number of ether oxygens (including phenoxy) is 1. The summed E-state index contributed by atoms with van der Waals surface area (Å²) in [4.78, 5) is 12.0. The van der Waals surface area contributed by atoms with Gasteiger partial charge >= 0.3 is 0 Å². The van der Waals surface area contributed by atoms with Gasteiger partial charge in [0.1, 0.15) is 5.75 Å². The number of nitrogens with two attached hydrogens (primary N) is 1. The number of amides is 1. The Morgan fingerprint density at radius 1 is 1.37 bits per heavy atom. The standard InChI is InChI=1S/C14H20N2O2.ClH/c15-8-3-9-16-14(17)12-4-1-2-5-13(12)18-10-11-6-7-11;/h1-2,4-5,11H,3,6-10,15H2,(H,16,17);1H. The molecule has 4 nitrogen and oxygen atoms in total. The number of benzene rings is 1. The Kier molecular flexibility index (Phi) is 6.67. The first-order chi connectivity index (χ1) is 8.81.